The van der Waals surface area contributed by atoms with Gasteiger partial charge in [-0.1, -0.05) is 36.0 Å². The van der Waals surface area contributed by atoms with Gasteiger partial charge in [0.25, 0.3) is 0 Å². The van der Waals surface area contributed by atoms with Crippen molar-refractivity contribution in [2.75, 3.05) is 13.1 Å². The molecule has 1 saturated heterocycles. The van der Waals surface area contributed by atoms with Crippen molar-refractivity contribution in [2.24, 2.45) is 16.1 Å². The number of piperidine rings is 1. The Morgan fingerprint density at radius 2 is 1.80 bits per heavy atom. The van der Waals surface area contributed by atoms with E-state index in [9.17, 15) is 0 Å². The Morgan fingerprint density at radius 3 is 2.69 bits per heavy atom. The van der Waals surface area contributed by atoms with Crippen LogP contribution in [0, 0.1) is 5.41 Å². The van der Waals surface area contributed by atoms with E-state index < -0.39 is 0 Å². The lowest BCUT2D eigenvalue weighted by Crippen LogP contribution is -2.46. The minimum atomic E-state index is 0.125. The van der Waals surface area contributed by atoms with Crippen LogP contribution in [0.2, 0.25) is 0 Å². The topological polar surface area (TPSA) is 106 Å². The molecule has 0 saturated carbocycles. The predicted octanol–water partition coefficient (Wildman–Crippen LogP) is 3.89. The van der Waals surface area contributed by atoms with E-state index >= 15 is 0 Å². The highest BCUT2D eigenvalue weighted by Gasteiger charge is 2.46. The van der Waals surface area contributed by atoms with Crippen LogP contribution in [0.4, 0.5) is 5.82 Å². The number of hydrogen-bond donors (Lipinski definition) is 1. The molecule has 0 radical (unpaired) electrons. The molecule has 5 heterocycles. The molecule has 3 aliphatic rings. The number of amidine groups is 1. The summed E-state index contributed by atoms with van der Waals surface area (Å²) in [7, 11) is 0. The number of nitrogens with zero attached hydrogens (tertiary/aromatic N) is 7. The number of aromatic nitrogens is 5. The second-order valence-corrected chi connectivity index (χ2v) is 10.6. The van der Waals surface area contributed by atoms with Crippen LogP contribution in [-0.2, 0) is 12.8 Å². The highest BCUT2D eigenvalue weighted by molar-refractivity contribution is 7.99. The zero-order chi connectivity index (χ0) is 23.4. The summed E-state index contributed by atoms with van der Waals surface area (Å²) in [6.07, 6.45) is 10.8. The predicted molar refractivity (Wildman–Crippen MR) is 135 cm³/mol. The van der Waals surface area contributed by atoms with Crippen LogP contribution < -0.4 is 5.73 Å². The molecule has 4 aromatic rings. The zero-order valence-corrected chi connectivity index (χ0v) is 19.9. The van der Waals surface area contributed by atoms with Crippen molar-refractivity contribution in [3.63, 3.8) is 0 Å². The minimum absolute atomic E-state index is 0.125. The first-order valence-electron chi connectivity index (χ1n) is 11.9. The fraction of sp³-hybridized carbons (Fsp3) is 0.308. The first-order valence-corrected chi connectivity index (χ1v) is 12.8. The van der Waals surface area contributed by atoms with Crippen molar-refractivity contribution in [3.05, 3.63) is 71.9 Å². The van der Waals surface area contributed by atoms with Gasteiger partial charge in [0, 0.05) is 42.6 Å². The number of pyridine rings is 1. The lowest BCUT2D eigenvalue weighted by molar-refractivity contribution is 0.127. The largest absolute Gasteiger partial charge is 0.360 e. The van der Waals surface area contributed by atoms with Crippen LogP contribution in [0.1, 0.15) is 35.7 Å². The quantitative estimate of drug-likeness (QED) is 0.461. The summed E-state index contributed by atoms with van der Waals surface area (Å²) in [5.74, 6) is 1.80. The SMILES string of the molecule is N[C@@H]1c2ccccc2CC12CCN(C1=Nc3ncc(Sc4ccnc5nccnc45)nc3C1)CC2. The maximum atomic E-state index is 6.76. The van der Waals surface area contributed by atoms with E-state index in [0.717, 1.165) is 65.1 Å². The summed E-state index contributed by atoms with van der Waals surface area (Å²) in [4.78, 5) is 30.7. The van der Waals surface area contributed by atoms with Crippen molar-refractivity contribution in [3.8, 4) is 0 Å². The van der Waals surface area contributed by atoms with Crippen molar-refractivity contribution >= 4 is 34.6 Å². The molecule has 1 aliphatic carbocycles. The third-order valence-electron chi connectivity index (χ3n) is 7.63. The van der Waals surface area contributed by atoms with Gasteiger partial charge in [0.05, 0.1) is 18.3 Å². The van der Waals surface area contributed by atoms with E-state index in [0.29, 0.717) is 12.1 Å². The van der Waals surface area contributed by atoms with Crippen molar-refractivity contribution in [1.29, 1.82) is 0 Å². The average Bonchev–Trinajstić information content (AvgIpc) is 3.44. The van der Waals surface area contributed by atoms with Crippen LogP contribution in [-0.4, -0.2) is 48.7 Å². The Balaban J connectivity index is 1.05. The molecule has 2 N–H and O–H groups in total. The number of aliphatic imine (C=N–C) groups is 1. The molecule has 0 amide bonds. The van der Waals surface area contributed by atoms with Gasteiger partial charge in [-0.25, -0.2) is 24.9 Å². The lowest BCUT2D eigenvalue weighted by atomic mass is 9.73. The Kier molecular flexibility index (Phi) is 4.82. The van der Waals surface area contributed by atoms with E-state index in [-0.39, 0.29) is 11.5 Å². The van der Waals surface area contributed by atoms with E-state index in [1.165, 1.54) is 22.9 Å². The summed E-state index contributed by atoms with van der Waals surface area (Å²) < 4.78 is 0. The van der Waals surface area contributed by atoms with E-state index in [1.54, 1.807) is 24.8 Å². The van der Waals surface area contributed by atoms with Gasteiger partial charge in [-0.3, -0.25) is 4.98 Å². The van der Waals surface area contributed by atoms with Gasteiger partial charge < -0.3 is 10.6 Å². The molecule has 174 valence electrons. The minimum Gasteiger partial charge on any atom is -0.360 e. The molecule has 3 aromatic heterocycles. The first-order chi connectivity index (χ1) is 17.2. The zero-order valence-electron chi connectivity index (χ0n) is 19.1. The molecule has 1 aromatic carbocycles. The molecular weight excluding hydrogens is 456 g/mol. The molecule has 7 rings (SSSR count). The third kappa shape index (κ3) is 3.49. The van der Waals surface area contributed by atoms with Gasteiger partial charge in [0.2, 0.25) is 0 Å². The fourth-order valence-electron chi connectivity index (χ4n) is 5.72. The summed E-state index contributed by atoms with van der Waals surface area (Å²) in [5.41, 5.74) is 12.0. The monoisotopic (exact) mass is 480 g/mol. The maximum Gasteiger partial charge on any atom is 0.179 e. The van der Waals surface area contributed by atoms with Crippen molar-refractivity contribution < 1.29 is 0 Å². The number of likely N-dealkylation sites (tertiary alicyclic amines) is 1. The molecular formula is C26H24N8S. The number of nitrogens with two attached hydrogens (primary N) is 1. The van der Waals surface area contributed by atoms with Gasteiger partial charge in [-0.15, -0.1) is 0 Å². The van der Waals surface area contributed by atoms with Crippen LogP contribution in [0.25, 0.3) is 11.2 Å². The van der Waals surface area contributed by atoms with Crippen molar-refractivity contribution in [2.45, 2.75) is 41.6 Å². The summed E-state index contributed by atoms with van der Waals surface area (Å²) >= 11 is 1.53. The smallest absolute Gasteiger partial charge is 0.179 e. The van der Waals surface area contributed by atoms with Crippen LogP contribution in [0.5, 0.6) is 0 Å². The Hall–Kier alpha value is -3.43. The number of fused-ring (bicyclic) bond motifs is 3. The van der Waals surface area contributed by atoms with Gasteiger partial charge >= 0.3 is 0 Å². The molecule has 1 fully saturated rings. The van der Waals surface area contributed by atoms with Crippen LogP contribution >= 0.6 is 11.8 Å². The normalized spacial score (nSPS) is 20.2. The lowest BCUT2D eigenvalue weighted by Gasteiger charge is -2.43. The molecule has 9 heteroatoms. The van der Waals surface area contributed by atoms with E-state index in [1.807, 2.05) is 6.07 Å². The standard InChI is InChI=1S/C26H24N8S/c27-23-17-4-2-1-3-16(17)14-26(23)6-11-34(12-7-26)20-13-18-24(33-20)31-15-21(32-18)35-19-5-8-29-25-22(19)28-9-10-30-25/h1-5,8-10,15,23H,6-7,11-14,27H2/t23-/m1/s1. The second-order valence-electron chi connectivity index (χ2n) is 9.53. The molecule has 1 atom stereocenters. The molecule has 2 aliphatic heterocycles. The second kappa shape index (κ2) is 8.07. The van der Waals surface area contributed by atoms with Crippen molar-refractivity contribution in [1.82, 2.24) is 29.8 Å². The molecule has 8 nitrogen and oxygen atoms in total. The van der Waals surface area contributed by atoms with Crippen LogP contribution in [0.3, 0.4) is 0 Å². The molecule has 1 spiro atoms. The Bertz CT molecular complexity index is 1470. The van der Waals surface area contributed by atoms with Crippen LogP contribution in [0.15, 0.2) is 70.0 Å². The van der Waals surface area contributed by atoms with E-state index in [4.69, 9.17) is 15.7 Å². The Morgan fingerprint density at radius 1 is 0.971 bits per heavy atom. The van der Waals surface area contributed by atoms with E-state index in [2.05, 4.69) is 49.1 Å². The van der Waals surface area contributed by atoms with Gasteiger partial charge in [-0.05, 0) is 41.9 Å². The van der Waals surface area contributed by atoms with Gasteiger partial charge in [-0.2, -0.15) is 0 Å². The number of rotatable bonds is 2. The number of benzene rings is 1. The summed E-state index contributed by atoms with van der Waals surface area (Å²) in [6, 6.07) is 10.7. The third-order valence-corrected chi connectivity index (χ3v) is 8.58. The van der Waals surface area contributed by atoms with Gasteiger partial charge in [0.15, 0.2) is 11.5 Å². The fourth-order valence-corrected chi connectivity index (χ4v) is 6.58. The highest BCUT2D eigenvalue weighted by atomic mass is 32.2. The molecule has 0 bridgehead atoms. The maximum absolute atomic E-state index is 6.76. The first kappa shape index (κ1) is 20.9. The molecule has 35 heavy (non-hydrogen) atoms. The van der Waals surface area contributed by atoms with Gasteiger partial charge in [0.1, 0.15) is 16.4 Å². The number of hydrogen-bond acceptors (Lipinski definition) is 9. The molecule has 0 unspecified atom stereocenters. The highest BCUT2D eigenvalue weighted by Crippen LogP contribution is 2.50. The Labute approximate surface area is 207 Å². The average molecular weight is 481 g/mol. The summed E-state index contributed by atoms with van der Waals surface area (Å²) in [6.45, 7) is 1.94. The summed E-state index contributed by atoms with van der Waals surface area (Å²) in [5, 5.41) is 0.825.